The van der Waals surface area contributed by atoms with Crippen LogP contribution >= 0.6 is 0 Å². The van der Waals surface area contributed by atoms with Crippen molar-refractivity contribution in [3.63, 3.8) is 0 Å². The summed E-state index contributed by atoms with van der Waals surface area (Å²) >= 11 is 0. The number of fused-ring (bicyclic) bond motifs is 1. The molecule has 1 aromatic carbocycles. The van der Waals surface area contributed by atoms with Crippen LogP contribution in [0.3, 0.4) is 0 Å². The summed E-state index contributed by atoms with van der Waals surface area (Å²) in [6.45, 7) is 0.378. The quantitative estimate of drug-likeness (QED) is 0.836. The minimum atomic E-state index is -0.990. The Hall–Kier alpha value is -2.57. The predicted octanol–water partition coefficient (Wildman–Crippen LogP) is 0.707. The van der Waals surface area contributed by atoms with Gasteiger partial charge in [-0.05, 0) is 31.0 Å². The largest absolute Gasteiger partial charge is 0.482 e. The molecule has 7 heteroatoms. The van der Waals surface area contributed by atoms with E-state index in [2.05, 4.69) is 5.32 Å². The Labute approximate surface area is 120 Å². The molecule has 2 amide bonds. The third kappa shape index (κ3) is 2.42. The average molecular weight is 290 g/mol. The molecule has 0 spiro atoms. The fourth-order valence-corrected chi connectivity index (χ4v) is 2.65. The number of nitrogens with zero attached hydrogens (tertiary/aromatic N) is 1. The highest BCUT2D eigenvalue weighted by Gasteiger charge is 2.34. The molecule has 2 N–H and O–H groups in total. The lowest BCUT2D eigenvalue weighted by Crippen LogP contribution is -2.40. The molecule has 7 nitrogen and oxygen atoms in total. The number of amides is 2. The molecule has 0 saturated carbocycles. The van der Waals surface area contributed by atoms with Crippen LogP contribution in [-0.4, -0.2) is 47.0 Å². The fourth-order valence-electron chi connectivity index (χ4n) is 2.65. The average Bonchev–Trinajstić information content (AvgIpc) is 2.95. The monoisotopic (exact) mass is 290 g/mol. The molecular formula is C14H14N2O5. The van der Waals surface area contributed by atoms with E-state index in [-0.39, 0.29) is 18.4 Å². The molecule has 1 atom stereocenters. The highest BCUT2D eigenvalue weighted by atomic mass is 16.5. The van der Waals surface area contributed by atoms with Crippen LogP contribution in [0.25, 0.3) is 0 Å². The number of nitrogens with one attached hydrogen (secondary N) is 1. The van der Waals surface area contributed by atoms with Crippen molar-refractivity contribution in [2.45, 2.75) is 18.9 Å². The number of ether oxygens (including phenoxy) is 1. The van der Waals surface area contributed by atoms with Gasteiger partial charge in [0.25, 0.3) is 11.8 Å². The van der Waals surface area contributed by atoms with E-state index in [4.69, 9.17) is 9.84 Å². The summed E-state index contributed by atoms with van der Waals surface area (Å²) in [5.74, 6) is -1.11. The van der Waals surface area contributed by atoms with Gasteiger partial charge in [0, 0.05) is 12.1 Å². The van der Waals surface area contributed by atoms with Gasteiger partial charge in [0.2, 0.25) is 0 Å². The minimum Gasteiger partial charge on any atom is -0.482 e. The van der Waals surface area contributed by atoms with Crippen LogP contribution in [0.1, 0.15) is 23.2 Å². The van der Waals surface area contributed by atoms with Crippen LogP contribution < -0.4 is 10.1 Å². The number of rotatable bonds is 2. The van der Waals surface area contributed by atoms with E-state index in [1.165, 1.54) is 11.0 Å². The first-order chi connectivity index (χ1) is 10.1. The van der Waals surface area contributed by atoms with E-state index < -0.39 is 12.0 Å². The number of carboxylic acids is 1. The molecule has 1 aromatic rings. The first-order valence-electron chi connectivity index (χ1n) is 6.67. The molecule has 1 saturated heterocycles. The van der Waals surface area contributed by atoms with Crippen LogP contribution in [0.2, 0.25) is 0 Å². The Kier molecular flexibility index (Phi) is 3.25. The summed E-state index contributed by atoms with van der Waals surface area (Å²) < 4.78 is 5.22. The van der Waals surface area contributed by atoms with Gasteiger partial charge in [-0.15, -0.1) is 0 Å². The molecule has 3 rings (SSSR count). The van der Waals surface area contributed by atoms with Crippen LogP contribution in [0.15, 0.2) is 18.2 Å². The Morgan fingerprint density at radius 1 is 1.38 bits per heavy atom. The second-order valence-corrected chi connectivity index (χ2v) is 5.04. The lowest BCUT2D eigenvalue weighted by atomic mass is 10.1. The third-order valence-corrected chi connectivity index (χ3v) is 3.66. The summed E-state index contributed by atoms with van der Waals surface area (Å²) in [5.41, 5.74) is 0.774. The van der Waals surface area contributed by atoms with Gasteiger partial charge in [-0.25, -0.2) is 4.79 Å². The summed E-state index contributed by atoms with van der Waals surface area (Å²) in [4.78, 5) is 36.2. The van der Waals surface area contributed by atoms with E-state index in [0.717, 1.165) is 0 Å². The summed E-state index contributed by atoms with van der Waals surface area (Å²) in [6.07, 6.45) is 1.14. The standard InChI is InChI=1S/C14H14N2O5/c17-12-7-21-11-4-3-8(6-9(11)15-12)13(18)16-5-1-2-10(16)14(19)20/h3-4,6,10H,1-2,5,7H2,(H,15,17)(H,19,20). The summed E-state index contributed by atoms with van der Waals surface area (Å²) in [6, 6.07) is 3.93. The van der Waals surface area contributed by atoms with Gasteiger partial charge < -0.3 is 20.1 Å². The number of hydrogen-bond acceptors (Lipinski definition) is 4. The van der Waals surface area contributed by atoms with Crippen molar-refractivity contribution in [1.82, 2.24) is 4.90 Å². The maximum Gasteiger partial charge on any atom is 0.326 e. The number of anilines is 1. The minimum absolute atomic E-state index is 0.0481. The molecule has 0 aliphatic carbocycles. The Balaban J connectivity index is 1.87. The molecule has 0 aromatic heterocycles. The van der Waals surface area contributed by atoms with Crippen molar-refractivity contribution in [3.8, 4) is 5.75 Å². The first kappa shape index (κ1) is 13.4. The van der Waals surface area contributed by atoms with Gasteiger partial charge in [0.05, 0.1) is 5.69 Å². The first-order valence-corrected chi connectivity index (χ1v) is 6.67. The number of aliphatic carboxylic acids is 1. The highest BCUT2D eigenvalue weighted by Crippen LogP contribution is 2.30. The normalized spacial score (nSPS) is 20.5. The molecule has 0 bridgehead atoms. The number of likely N-dealkylation sites (tertiary alicyclic amines) is 1. The van der Waals surface area contributed by atoms with Crippen LogP contribution in [0.4, 0.5) is 5.69 Å². The van der Waals surface area contributed by atoms with E-state index >= 15 is 0 Å². The second kappa shape index (κ2) is 5.08. The molecule has 2 aliphatic rings. The number of carboxylic acid groups (broad SMARTS) is 1. The topological polar surface area (TPSA) is 95.9 Å². The van der Waals surface area contributed by atoms with Gasteiger partial charge in [-0.3, -0.25) is 9.59 Å². The van der Waals surface area contributed by atoms with Gasteiger partial charge in [0.15, 0.2) is 6.61 Å². The van der Waals surface area contributed by atoms with E-state index in [1.807, 2.05) is 0 Å². The second-order valence-electron chi connectivity index (χ2n) is 5.04. The van der Waals surface area contributed by atoms with Crippen molar-refractivity contribution >= 4 is 23.5 Å². The summed E-state index contributed by atoms with van der Waals surface area (Å²) in [7, 11) is 0. The van der Waals surface area contributed by atoms with Crippen molar-refractivity contribution in [2.75, 3.05) is 18.5 Å². The van der Waals surface area contributed by atoms with E-state index in [1.54, 1.807) is 12.1 Å². The zero-order valence-corrected chi connectivity index (χ0v) is 11.2. The molecule has 110 valence electrons. The van der Waals surface area contributed by atoms with Gasteiger partial charge in [-0.1, -0.05) is 0 Å². The lowest BCUT2D eigenvalue weighted by molar-refractivity contribution is -0.141. The molecular weight excluding hydrogens is 276 g/mol. The Morgan fingerprint density at radius 3 is 2.95 bits per heavy atom. The van der Waals surface area contributed by atoms with Crippen molar-refractivity contribution in [2.24, 2.45) is 0 Å². The van der Waals surface area contributed by atoms with Crippen molar-refractivity contribution < 1.29 is 24.2 Å². The molecule has 1 fully saturated rings. The van der Waals surface area contributed by atoms with E-state index in [9.17, 15) is 14.4 Å². The maximum atomic E-state index is 12.4. The number of carbonyl (C=O) groups is 3. The molecule has 1 unspecified atom stereocenters. The molecule has 2 aliphatic heterocycles. The van der Waals surface area contributed by atoms with Crippen LogP contribution in [-0.2, 0) is 9.59 Å². The Bertz CT molecular complexity index is 628. The summed E-state index contributed by atoms with van der Waals surface area (Å²) in [5, 5.41) is 11.8. The van der Waals surface area contributed by atoms with Crippen LogP contribution in [0.5, 0.6) is 5.75 Å². The van der Waals surface area contributed by atoms with E-state index in [0.29, 0.717) is 36.4 Å². The van der Waals surface area contributed by atoms with Crippen LogP contribution in [0, 0.1) is 0 Å². The SMILES string of the molecule is O=C1COc2ccc(C(=O)N3CCCC3C(=O)O)cc2N1. The van der Waals surface area contributed by atoms with Crippen molar-refractivity contribution in [3.05, 3.63) is 23.8 Å². The Morgan fingerprint density at radius 2 is 2.19 bits per heavy atom. The number of hydrogen-bond donors (Lipinski definition) is 2. The molecule has 0 radical (unpaired) electrons. The number of carbonyl (C=O) groups excluding carboxylic acids is 2. The zero-order chi connectivity index (χ0) is 15.0. The number of benzene rings is 1. The molecule has 21 heavy (non-hydrogen) atoms. The predicted molar refractivity (Wildman–Crippen MR) is 72.3 cm³/mol. The zero-order valence-electron chi connectivity index (χ0n) is 11.2. The highest BCUT2D eigenvalue weighted by molar-refractivity contribution is 6.01. The van der Waals surface area contributed by atoms with Gasteiger partial charge >= 0.3 is 5.97 Å². The third-order valence-electron chi connectivity index (χ3n) is 3.66. The van der Waals surface area contributed by atoms with Gasteiger partial charge in [-0.2, -0.15) is 0 Å². The maximum absolute atomic E-state index is 12.4. The molecule has 2 heterocycles. The van der Waals surface area contributed by atoms with Gasteiger partial charge in [0.1, 0.15) is 11.8 Å². The van der Waals surface area contributed by atoms with Crippen molar-refractivity contribution in [1.29, 1.82) is 0 Å². The lowest BCUT2D eigenvalue weighted by Gasteiger charge is -2.23. The smallest absolute Gasteiger partial charge is 0.326 e. The fraction of sp³-hybridized carbons (Fsp3) is 0.357.